The maximum atomic E-state index is 15.4. The number of likely N-dealkylation sites (tertiary alicyclic amines) is 1. The monoisotopic (exact) mass is 1360 g/mol. The molecule has 544 valence electrons. The van der Waals surface area contributed by atoms with Gasteiger partial charge in [0.25, 0.3) is 5.91 Å². The van der Waals surface area contributed by atoms with Crippen molar-refractivity contribution in [1.29, 1.82) is 0 Å². The van der Waals surface area contributed by atoms with Crippen molar-refractivity contribution in [2.24, 2.45) is 35.5 Å². The summed E-state index contributed by atoms with van der Waals surface area (Å²) in [7, 11) is 9.91. The molecule has 2 heterocycles. The van der Waals surface area contributed by atoms with Crippen LogP contribution in [0.25, 0.3) is 0 Å². The number of nitrogens with zero attached hydrogens (tertiary/aromatic N) is 8. The second-order valence-corrected chi connectivity index (χ2v) is 30.5. The average Bonchev–Trinajstić information content (AvgIpc) is 1.29. The molecular weight excluding hydrogens is 1240 g/mol. The first-order valence-corrected chi connectivity index (χ1v) is 35.5. The summed E-state index contributed by atoms with van der Waals surface area (Å²) in [6.07, 6.45) is 5.14. The third-order valence-corrected chi connectivity index (χ3v) is 19.6. The Morgan fingerprint density at radius 3 is 1.47 bits per heavy atom. The van der Waals surface area contributed by atoms with Crippen molar-refractivity contribution in [2.45, 2.75) is 253 Å². The molecule has 2 fully saturated rings. The van der Waals surface area contributed by atoms with E-state index in [1.54, 1.807) is 54.5 Å². The Morgan fingerprint density at radius 2 is 0.989 bits per heavy atom. The van der Waals surface area contributed by atoms with Gasteiger partial charge in [0.2, 0.25) is 59.1 Å². The van der Waals surface area contributed by atoms with Gasteiger partial charge in [-0.05, 0) is 147 Å². The van der Waals surface area contributed by atoms with Crippen LogP contribution < -0.4 is 21.3 Å². The van der Waals surface area contributed by atoms with Gasteiger partial charge < -0.3 is 70.7 Å². The first-order valence-electron chi connectivity index (χ1n) is 34.4. The number of hydrogen-bond donors (Lipinski definition) is 6. The summed E-state index contributed by atoms with van der Waals surface area (Å²) in [6.45, 7) is 31.6. The van der Waals surface area contributed by atoms with Gasteiger partial charge in [-0.3, -0.25) is 52.7 Å². The Balaban J connectivity index is 3.11. The Kier molecular flexibility index (Phi) is 34.9. The normalized spacial score (nSPS) is 27.3. The van der Waals surface area contributed by atoms with E-state index in [0.717, 1.165) is 54.0 Å². The third-order valence-electron chi connectivity index (χ3n) is 18.3. The van der Waals surface area contributed by atoms with Crippen molar-refractivity contribution in [3.05, 3.63) is 12.2 Å². The summed E-state index contributed by atoms with van der Waals surface area (Å²) in [5.41, 5.74) is -1.58. The van der Waals surface area contributed by atoms with E-state index in [9.17, 15) is 34.2 Å². The second kappa shape index (κ2) is 38.9. The minimum absolute atomic E-state index is 0.0211. The summed E-state index contributed by atoms with van der Waals surface area (Å²) < 4.78 is 0. The average molecular weight is 1360 g/mol. The highest BCUT2D eigenvalue weighted by Crippen LogP contribution is 2.28. The van der Waals surface area contributed by atoms with Crippen LogP contribution in [0.4, 0.5) is 0 Å². The van der Waals surface area contributed by atoms with Gasteiger partial charge in [0, 0.05) is 55.8 Å². The van der Waals surface area contributed by atoms with Crippen LogP contribution in [-0.2, 0) is 52.7 Å². The van der Waals surface area contributed by atoms with Crippen LogP contribution in [0, 0.1) is 35.5 Å². The molecule has 13 atom stereocenters. The molecule has 2 aliphatic rings. The third kappa shape index (κ3) is 24.6. The first kappa shape index (κ1) is 85.2. The van der Waals surface area contributed by atoms with Crippen molar-refractivity contribution in [2.75, 3.05) is 74.7 Å². The fourth-order valence-electron chi connectivity index (χ4n) is 12.4. The fourth-order valence-corrected chi connectivity index (χ4v) is 13.5. The summed E-state index contributed by atoms with van der Waals surface area (Å²) in [5, 5.41) is 33.5. The maximum absolute atomic E-state index is 15.4. The zero-order valence-electron chi connectivity index (χ0n) is 62.1. The molecule has 0 saturated carbocycles. The van der Waals surface area contributed by atoms with Gasteiger partial charge in [0.05, 0.1) is 11.7 Å². The molecule has 0 aromatic carbocycles. The number of hydrogen-bond acceptors (Lipinski definition) is 15. The molecule has 95 heavy (non-hydrogen) atoms. The number of amides is 11. The van der Waals surface area contributed by atoms with Crippen molar-refractivity contribution in [1.82, 2.24) is 60.5 Å². The summed E-state index contributed by atoms with van der Waals surface area (Å²) in [6, 6.07) is -13.1. The number of likely N-dealkylation sites (N-methyl/N-ethyl adjacent to an activating group) is 7. The molecule has 0 aliphatic carbocycles. The minimum Gasteiger partial charge on any atom is -0.390 e. The number of thioether (sulfide) groups is 1. The lowest BCUT2D eigenvalue weighted by atomic mass is 9.91. The Hall–Kier alpha value is -5.86. The fraction of sp³-hybridized carbons (Fsp3) is 0.812. The number of rotatable bonds is 20. The molecular formula is C69H124N12O13S. The first-order chi connectivity index (χ1) is 44.0. The lowest BCUT2D eigenvalue weighted by Gasteiger charge is -2.41. The molecule has 0 radical (unpaired) electrons. The van der Waals surface area contributed by atoms with Crippen LogP contribution >= 0.6 is 11.8 Å². The molecule has 0 unspecified atom stereocenters. The lowest BCUT2D eigenvalue weighted by Crippen LogP contribution is -2.64. The van der Waals surface area contributed by atoms with Gasteiger partial charge in [0.1, 0.15) is 60.4 Å². The van der Waals surface area contributed by atoms with Crippen molar-refractivity contribution in [3.63, 3.8) is 0 Å². The largest absolute Gasteiger partial charge is 0.390 e. The molecule has 11 amide bonds. The van der Waals surface area contributed by atoms with Crippen molar-refractivity contribution < 1.29 is 63.0 Å². The quantitative estimate of drug-likeness (QED) is 0.0744. The van der Waals surface area contributed by atoms with Crippen LogP contribution in [0.3, 0.4) is 0 Å². The highest BCUT2D eigenvalue weighted by atomic mass is 32.2. The van der Waals surface area contributed by atoms with E-state index in [-0.39, 0.29) is 49.9 Å². The number of carbonyl (C=O) groups is 11. The predicted octanol–water partition coefficient (Wildman–Crippen LogP) is 3.93. The van der Waals surface area contributed by atoms with E-state index in [4.69, 9.17) is 0 Å². The summed E-state index contributed by atoms with van der Waals surface area (Å²) in [5.74, 6) is -9.83. The van der Waals surface area contributed by atoms with Crippen LogP contribution in [0.15, 0.2) is 12.2 Å². The number of aliphatic hydroxyl groups excluding tert-OH is 1. The van der Waals surface area contributed by atoms with Crippen LogP contribution in [-0.4, -0.2) is 267 Å². The SMILES string of the molecule is C/C=C/C[C@@H](C)[C@@H](O)[C@H]1C(=O)N[C@@H](CC)C(=O)N(C)[C@H](SCCCN2CCCC2)C(=O)N(C)[C@@H](CC(C)(C)O)C(=O)N[C@@H](C(C)C)C(=O)N(C)[C@@H](CC(C)C)C(=O)N[C@@H](C)C(=O)N[C@H](C)C(=O)N(C)[C@@H](CC(C)C)C(=O)N(C)[C@@H](CC(C)C)C(=O)N(C)[C@@H](C(C)C)C(=O)N1C. The zero-order valence-corrected chi connectivity index (χ0v) is 62.9. The Labute approximate surface area is 573 Å². The zero-order chi connectivity index (χ0) is 73.0. The van der Waals surface area contributed by atoms with Gasteiger partial charge in [-0.15, -0.1) is 11.8 Å². The molecule has 25 nitrogen and oxygen atoms in total. The molecule has 0 bridgehead atoms. The number of aliphatic hydroxyl groups is 2. The predicted molar refractivity (Wildman–Crippen MR) is 372 cm³/mol. The Bertz CT molecular complexity index is 2610. The smallest absolute Gasteiger partial charge is 0.256 e. The molecule has 2 saturated heterocycles. The highest BCUT2D eigenvalue weighted by Gasteiger charge is 2.47. The van der Waals surface area contributed by atoms with Crippen molar-refractivity contribution in [3.8, 4) is 0 Å². The molecule has 0 spiro atoms. The maximum Gasteiger partial charge on any atom is 0.256 e. The summed E-state index contributed by atoms with van der Waals surface area (Å²) in [4.78, 5) is 175. The standard InChI is InChI=1S/C69H124N12O13S/c1-25-27-31-45(13)56(82)55-60(86)72-48(26-2)62(88)80(24)68(95-35-30-34-81-32-28-29-33-81)67(93)77(21)52(39-69(16,17)94)59(85)73-53(43(9)10)65(91)74(18)49(36-40(3)4)58(84)70-46(14)57(83)71-47(15)61(87)75(19)50(37-41(5)6)63(89)76(20)51(38-42(7)8)64(90)78(22)54(44(11)12)66(92)79(55)23/h25,27,40-56,68,82,94H,26,28-39H2,1-24H3,(H,70,84)(H,71,83)(H,72,86)(H,73,85)/b27-25+/t45-,46+,47-,48+,49+,50+,51+,52+,53+,54+,55+,56-,68-/m1/s1. The highest BCUT2D eigenvalue weighted by molar-refractivity contribution is 8.00. The van der Waals surface area contributed by atoms with E-state index in [0.29, 0.717) is 18.6 Å². The van der Waals surface area contributed by atoms with Crippen LogP contribution in [0.1, 0.15) is 175 Å². The van der Waals surface area contributed by atoms with Gasteiger partial charge in [-0.2, -0.15) is 0 Å². The molecule has 6 N–H and O–H groups in total. The van der Waals surface area contributed by atoms with Crippen molar-refractivity contribution >= 4 is 76.7 Å². The molecule has 0 aromatic rings. The molecule has 0 aromatic heterocycles. The van der Waals surface area contributed by atoms with Gasteiger partial charge in [-0.25, -0.2) is 0 Å². The van der Waals surface area contributed by atoms with E-state index < -0.39 is 160 Å². The Morgan fingerprint density at radius 1 is 0.526 bits per heavy atom. The molecule has 2 aliphatic heterocycles. The van der Waals surface area contributed by atoms with E-state index >= 15 is 28.8 Å². The van der Waals surface area contributed by atoms with E-state index in [1.165, 1.54) is 102 Å². The van der Waals surface area contributed by atoms with Gasteiger partial charge >= 0.3 is 0 Å². The van der Waals surface area contributed by atoms with E-state index in [2.05, 4.69) is 26.2 Å². The lowest BCUT2D eigenvalue weighted by molar-refractivity contribution is -0.157. The van der Waals surface area contributed by atoms with Gasteiger partial charge in [0.15, 0.2) is 5.37 Å². The van der Waals surface area contributed by atoms with Crippen LogP contribution in [0.2, 0.25) is 0 Å². The topological polar surface area (TPSA) is 302 Å². The number of nitrogens with one attached hydrogen (secondary N) is 4. The summed E-state index contributed by atoms with van der Waals surface area (Å²) >= 11 is 1.16. The minimum atomic E-state index is -1.65. The van der Waals surface area contributed by atoms with Gasteiger partial charge in [-0.1, -0.05) is 95.2 Å². The number of carbonyl (C=O) groups excluding carboxylic acids is 11. The number of allylic oxidation sites excluding steroid dienone is 2. The molecule has 26 heteroatoms. The van der Waals surface area contributed by atoms with Crippen LogP contribution in [0.5, 0.6) is 0 Å². The molecule has 2 rings (SSSR count). The second-order valence-electron chi connectivity index (χ2n) is 29.3. The van der Waals surface area contributed by atoms with E-state index in [1.807, 2.05) is 47.6 Å².